The van der Waals surface area contributed by atoms with Crippen molar-refractivity contribution in [3.05, 3.63) is 55.7 Å². The van der Waals surface area contributed by atoms with Gasteiger partial charge >= 0.3 is 0 Å². The van der Waals surface area contributed by atoms with Crippen molar-refractivity contribution in [3.8, 4) is 0 Å². The third-order valence-corrected chi connectivity index (χ3v) is 3.16. The fourth-order valence-electron chi connectivity index (χ4n) is 1.86. The Morgan fingerprint density at radius 2 is 2.05 bits per heavy atom. The number of aromatic nitrogens is 3. The normalized spacial score (nSPS) is 10.5. The van der Waals surface area contributed by atoms with Crippen LogP contribution in [0.4, 0.5) is 5.82 Å². The molecule has 2 aromatic heterocycles. The van der Waals surface area contributed by atoms with Crippen LogP contribution in [0.15, 0.2) is 27.9 Å². The first-order valence-electron chi connectivity index (χ1n) is 5.96. The van der Waals surface area contributed by atoms with Gasteiger partial charge in [-0.25, -0.2) is 9.67 Å². The highest BCUT2D eigenvalue weighted by molar-refractivity contribution is 5.43. The molecule has 0 unspecified atom stereocenters. The van der Waals surface area contributed by atoms with E-state index in [9.17, 15) is 9.59 Å². The molecule has 0 bridgehead atoms. The number of anilines is 1. The fraction of sp³-hybridized carbons (Fsp3) is 0.308. The molecular formula is C13H16N4O2. The van der Waals surface area contributed by atoms with Crippen molar-refractivity contribution in [1.82, 2.24) is 14.8 Å². The minimum Gasteiger partial charge on any atom is -0.373 e. The number of pyridine rings is 1. The van der Waals surface area contributed by atoms with Crippen molar-refractivity contribution in [1.29, 1.82) is 0 Å². The summed E-state index contributed by atoms with van der Waals surface area (Å²) in [6.45, 7) is 3.58. The number of nitrogens with zero attached hydrogens (tertiary/aromatic N) is 2. The molecule has 0 aliphatic carbocycles. The molecule has 0 fully saturated rings. The van der Waals surface area contributed by atoms with E-state index in [4.69, 9.17) is 0 Å². The van der Waals surface area contributed by atoms with Gasteiger partial charge in [0.25, 0.3) is 11.1 Å². The van der Waals surface area contributed by atoms with Crippen LogP contribution in [0.1, 0.15) is 16.7 Å². The molecule has 2 heterocycles. The summed E-state index contributed by atoms with van der Waals surface area (Å²) in [5.41, 5.74) is 1.33. The lowest BCUT2D eigenvalue weighted by atomic mass is 10.2. The summed E-state index contributed by atoms with van der Waals surface area (Å²) >= 11 is 0. The van der Waals surface area contributed by atoms with E-state index in [1.54, 1.807) is 33.2 Å². The zero-order chi connectivity index (χ0) is 14.0. The highest BCUT2D eigenvalue weighted by atomic mass is 16.2. The second-order valence-electron chi connectivity index (χ2n) is 4.34. The second-order valence-corrected chi connectivity index (χ2v) is 4.34. The molecule has 6 nitrogen and oxygen atoms in total. The van der Waals surface area contributed by atoms with Gasteiger partial charge in [0.05, 0.1) is 6.54 Å². The van der Waals surface area contributed by atoms with Crippen molar-refractivity contribution in [2.75, 3.05) is 12.4 Å². The maximum Gasteiger partial charge on any atom is 0.268 e. The van der Waals surface area contributed by atoms with Gasteiger partial charge in [-0.05, 0) is 19.9 Å². The molecule has 0 aliphatic rings. The van der Waals surface area contributed by atoms with Crippen LogP contribution >= 0.6 is 0 Å². The van der Waals surface area contributed by atoms with E-state index >= 15 is 0 Å². The second kappa shape index (κ2) is 5.09. The lowest BCUT2D eigenvalue weighted by molar-refractivity contribution is 0.618. The molecule has 0 spiro atoms. The molecule has 2 aromatic rings. The monoisotopic (exact) mass is 260 g/mol. The first-order valence-corrected chi connectivity index (χ1v) is 5.96. The molecule has 0 aliphatic heterocycles. The zero-order valence-electron chi connectivity index (χ0n) is 11.2. The Hall–Kier alpha value is -2.37. The molecule has 6 heteroatoms. The van der Waals surface area contributed by atoms with E-state index in [1.165, 1.54) is 4.68 Å². The van der Waals surface area contributed by atoms with E-state index < -0.39 is 0 Å². The maximum absolute atomic E-state index is 12.1. The van der Waals surface area contributed by atoms with Gasteiger partial charge in [0.15, 0.2) is 0 Å². The maximum atomic E-state index is 12.1. The van der Waals surface area contributed by atoms with Gasteiger partial charge in [0.1, 0.15) is 5.82 Å². The number of rotatable bonds is 3. The predicted octanol–water partition coefficient (Wildman–Crippen LogP) is 0.638. The molecule has 0 amide bonds. The van der Waals surface area contributed by atoms with Gasteiger partial charge in [-0.2, -0.15) is 0 Å². The van der Waals surface area contributed by atoms with Gasteiger partial charge in [0, 0.05) is 29.9 Å². The number of hydrogen-bond donors (Lipinski definition) is 2. The standard InChI is InChI=1S/C13H16N4O2/c1-8-9(2)13(19)17(16-12(8)18)7-10-5-4-6-15-11(10)14-3/h4-6H,7H2,1-3H3,(H,14,15)(H,16,18). The van der Waals surface area contributed by atoms with Crippen molar-refractivity contribution in [2.45, 2.75) is 20.4 Å². The van der Waals surface area contributed by atoms with E-state index in [2.05, 4.69) is 15.4 Å². The molecule has 2 rings (SSSR count). The average molecular weight is 260 g/mol. The Labute approximate surface area is 110 Å². The molecule has 2 N–H and O–H groups in total. The highest BCUT2D eigenvalue weighted by Crippen LogP contribution is 2.10. The van der Waals surface area contributed by atoms with Crippen molar-refractivity contribution < 1.29 is 0 Å². The summed E-state index contributed by atoms with van der Waals surface area (Å²) < 4.78 is 1.31. The molecular weight excluding hydrogens is 244 g/mol. The van der Waals surface area contributed by atoms with Gasteiger partial charge in [-0.3, -0.25) is 14.7 Å². The molecule has 19 heavy (non-hydrogen) atoms. The van der Waals surface area contributed by atoms with Gasteiger partial charge in [0.2, 0.25) is 0 Å². The van der Waals surface area contributed by atoms with Gasteiger partial charge in [-0.15, -0.1) is 0 Å². The summed E-state index contributed by atoms with van der Waals surface area (Å²) in [5.74, 6) is 0.688. The van der Waals surface area contributed by atoms with Crippen LogP contribution < -0.4 is 16.4 Å². The SMILES string of the molecule is CNc1ncccc1Cn1[nH]c(=O)c(C)c(C)c1=O. The lowest BCUT2D eigenvalue weighted by Gasteiger charge is -2.11. The van der Waals surface area contributed by atoms with E-state index in [0.717, 1.165) is 5.56 Å². The quantitative estimate of drug-likeness (QED) is 0.848. The average Bonchev–Trinajstić information content (AvgIpc) is 2.43. The van der Waals surface area contributed by atoms with Gasteiger partial charge in [-0.1, -0.05) is 6.07 Å². The molecule has 100 valence electrons. The Morgan fingerprint density at radius 3 is 2.74 bits per heavy atom. The molecule has 0 aromatic carbocycles. The minimum absolute atomic E-state index is 0.192. The summed E-state index contributed by atoms with van der Waals surface area (Å²) in [4.78, 5) is 28.0. The Morgan fingerprint density at radius 1 is 1.32 bits per heavy atom. The summed E-state index contributed by atoms with van der Waals surface area (Å²) in [6, 6.07) is 3.65. The molecule has 0 atom stereocenters. The fourth-order valence-corrected chi connectivity index (χ4v) is 1.86. The predicted molar refractivity (Wildman–Crippen MR) is 73.7 cm³/mol. The van der Waals surface area contributed by atoms with Gasteiger partial charge < -0.3 is 5.32 Å². The Balaban J connectivity index is 2.50. The smallest absolute Gasteiger partial charge is 0.268 e. The lowest BCUT2D eigenvalue weighted by Crippen LogP contribution is -2.33. The summed E-state index contributed by atoms with van der Waals surface area (Å²) in [6.07, 6.45) is 1.67. The topological polar surface area (TPSA) is 79.8 Å². The third-order valence-electron chi connectivity index (χ3n) is 3.16. The largest absolute Gasteiger partial charge is 0.373 e. The van der Waals surface area contributed by atoms with Crippen molar-refractivity contribution >= 4 is 5.82 Å². The summed E-state index contributed by atoms with van der Waals surface area (Å²) in [5, 5.41) is 5.53. The van der Waals surface area contributed by atoms with E-state index in [0.29, 0.717) is 16.9 Å². The summed E-state index contributed by atoms with van der Waals surface area (Å²) in [7, 11) is 1.76. The molecule has 0 radical (unpaired) electrons. The van der Waals surface area contributed by atoms with E-state index in [-0.39, 0.29) is 17.7 Å². The number of nitrogens with one attached hydrogen (secondary N) is 2. The number of H-pyrrole nitrogens is 1. The van der Waals surface area contributed by atoms with Crippen molar-refractivity contribution in [2.24, 2.45) is 0 Å². The molecule has 0 saturated carbocycles. The highest BCUT2D eigenvalue weighted by Gasteiger charge is 2.09. The first-order chi connectivity index (χ1) is 9.04. The van der Waals surface area contributed by atoms with Crippen LogP contribution in [-0.2, 0) is 6.54 Å². The number of aromatic amines is 1. The minimum atomic E-state index is -0.244. The zero-order valence-corrected chi connectivity index (χ0v) is 11.2. The Bertz CT molecular complexity index is 715. The van der Waals surface area contributed by atoms with Crippen LogP contribution in [0.2, 0.25) is 0 Å². The molecule has 0 saturated heterocycles. The van der Waals surface area contributed by atoms with Crippen LogP contribution in [0.3, 0.4) is 0 Å². The Kier molecular flexibility index (Phi) is 3.50. The number of hydrogen-bond acceptors (Lipinski definition) is 4. The van der Waals surface area contributed by atoms with E-state index in [1.807, 2.05) is 6.07 Å². The van der Waals surface area contributed by atoms with Crippen LogP contribution in [0.25, 0.3) is 0 Å². The first kappa shape index (κ1) is 13.1. The van der Waals surface area contributed by atoms with Crippen molar-refractivity contribution in [3.63, 3.8) is 0 Å². The van der Waals surface area contributed by atoms with Crippen LogP contribution in [-0.4, -0.2) is 21.8 Å². The van der Waals surface area contributed by atoms with Crippen LogP contribution in [0.5, 0.6) is 0 Å². The van der Waals surface area contributed by atoms with Crippen LogP contribution in [0, 0.1) is 13.8 Å². The third kappa shape index (κ3) is 2.42.